The summed E-state index contributed by atoms with van der Waals surface area (Å²) in [5, 5.41) is 20.6. The normalized spacial score (nSPS) is 18.5. The number of aliphatic carboxylic acids is 1. The average Bonchev–Trinajstić information content (AvgIpc) is 3.63. The molecule has 0 spiro atoms. The van der Waals surface area contributed by atoms with Crippen LogP contribution in [0.3, 0.4) is 0 Å². The maximum atomic E-state index is 13.0. The number of carboxylic acid groups (broad SMARTS) is 1. The average molecular weight is 601 g/mol. The van der Waals surface area contributed by atoms with Crippen LogP contribution >= 0.6 is 0 Å². The molecule has 0 bridgehead atoms. The van der Waals surface area contributed by atoms with Crippen LogP contribution in [0.1, 0.15) is 24.3 Å². The van der Waals surface area contributed by atoms with E-state index in [1.165, 1.54) is 0 Å². The second kappa shape index (κ2) is 15.2. The van der Waals surface area contributed by atoms with Crippen LogP contribution in [0.25, 0.3) is 0 Å². The Hall–Kier alpha value is -5.12. The molecule has 16 heteroatoms. The number of benzene rings is 1. The third kappa shape index (κ3) is 9.74. The summed E-state index contributed by atoms with van der Waals surface area (Å²) in [6, 6.07) is 8.91. The van der Waals surface area contributed by atoms with E-state index in [9.17, 15) is 38.4 Å². The summed E-state index contributed by atoms with van der Waals surface area (Å²) in [6.45, 7) is -1.93. The van der Waals surface area contributed by atoms with Gasteiger partial charge in [0.05, 0.1) is 39.4 Å². The van der Waals surface area contributed by atoms with Crippen molar-refractivity contribution in [3.63, 3.8) is 0 Å². The van der Waals surface area contributed by atoms with Crippen LogP contribution in [0.4, 0.5) is 0 Å². The molecular weight excluding hydrogens is 568 g/mol. The standard InChI is InChI=1S/C27H32N6O10/c34-19(8-10-43-11-9-33-23(38)6-7-24(33)39)28-13-20(35)29-15-22(37)32-27(12-18(27)17-4-2-1-3-5-17)26(42)31-14-21(36)30-16-25(40)41/h1-7,18H,8-16H2,(H,28,34)(H,29,35)(H,30,36)(H,31,42)(H,32,37)(H,40,41). The second-order valence-electron chi connectivity index (χ2n) is 9.62. The van der Waals surface area contributed by atoms with Crippen LogP contribution in [0, 0.1) is 0 Å². The lowest BCUT2D eigenvalue weighted by Gasteiger charge is -2.20. The minimum Gasteiger partial charge on any atom is -0.480 e. The van der Waals surface area contributed by atoms with Gasteiger partial charge in [0, 0.05) is 24.5 Å². The molecule has 1 aliphatic heterocycles. The van der Waals surface area contributed by atoms with E-state index >= 15 is 0 Å². The lowest BCUT2D eigenvalue weighted by molar-refractivity contribution is -0.138. The van der Waals surface area contributed by atoms with Crippen LogP contribution in [-0.4, -0.2) is 109 Å². The summed E-state index contributed by atoms with van der Waals surface area (Å²) in [7, 11) is 0. The Balaban J connectivity index is 1.38. The maximum Gasteiger partial charge on any atom is 0.322 e. The van der Waals surface area contributed by atoms with E-state index in [-0.39, 0.29) is 32.6 Å². The molecule has 2 aliphatic rings. The van der Waals surface area contributed by atoms with Gasteiger partial charge in [-0.1, -0.05) is 30.3 Å². The molecule has 1 saturated carbocycles. The van der Waals surface area contributed by atoms with Crippen LogP contribution in [0.2, 0.25) is 0 Å². The van der Waals surface area contributed by atoms with Crippen LogP contribution in [-0.2, 0) is 43.1 Å². The minimum absolute atomic E-state index is 0.00649. The zero-order valence-corrected chi connectivity index (χ0v) is 23.1. The molecule has 0 radical (unpaired) electrons. The monoisotopic (exact) mass is 600 g/mol. The number of carbonyl (C=O) groups excluding carboxylic acids is 7. The largest absolute Gasteiger partial charge is 0.480 e. The molecule has 7 amide bonds. The first-order chi connectivity index (χ1) is 20.5. The summed E-state index contributed by atoms with van der Waals surface area (Å²) in [5.74, 6) is -5.71. The van der Waals surface area contributed by atoms with Crippen molar-refractivity contribution in [1.82, 2.24) is 31.5 Å². The third-order valence-corrected chi connectivity index (χ3v) is 6.50. The molecule has 16 nitrogen and oxygen atoms in total. The van der Waals surface area contributed by atoms with Crippen molar-refractivity contribution in [3.05, 3.63) is 48.0 Å². The van der Waals surface area contributed by atoms with E-state index in [0.717, 1.165) is 22.6 Å². The molecule has 43 heavy (non-hydrogen) atoms. The lowest BCUT2D eigenvalue weighted by Crippen LogP contribution is -2.54. The van der Waals surface area contributed by atoms with Crippen molar-refractivity contribution in [3.8, 4) is 0 Å². The third-order valence-electron chi connectivity index (χ3n) is 6.50. The molecule has 1 aromatic carbocycles. The first-order valence-corrected chi connectivity index (χ1v) is 13.3. The number of amides is 7. The van der Waals surface area contributed by atoms with Gasteiger partial charge in [-0.3, -0.25) is 43.3 Å². The highest BCUT2D eigenvalue weighted by Gasteiger charge is 2.61. The molecule has 2 unspecified atom stereocenters. The number of carbonyl (C=O) groups is 8. The van der Waals surface area contributed by atoms with Crippen molar-refractivity contribution in [2.75, 3.05) is 45.9 Å². The Kier molecular flexibility index (Phi) is 11.5. The molecule has 3 rings (SSSR count). The predicted molar refractivity (Wildman–Crippen MR) is 146 cm³/mol. The van der Waals surface area contributed by atoms with Gasteiger partial charge in [0.15, 0.2) is 0 Å². The maximum absolute atomic E-state index is 13.0. The van der Waals surface area contributed by atoms with Crippen molar-refractivity contribution in [1.29, 1.82) is 0 Å². The van der Waals surface area contributed by atoms with E-state index in [0.29, 0.717) is 0 Å². The number of ether oxygens (including phenoxy) is 1. The molecule has 2 atom stereocenters. The SMILES string of the molecule is O=C(O)CNC(=O)CNC(=O)C1(NC(=O)CNC(=O)CNC(=O)CCOCCN2C(=O)C=CC2=O)CC1c1ccccc1. The van der Waals surface area contributed by atoms with E-state index in [4.69, 9.17) is 9.84 Å². The second-order valence-corrected chi connectivity index (χ2v) is 9.62. The van der Waals surface area contributed by atoms with Gasteiger partial charge in [0.1, 0.15) is 12.1 Å². The predicted octanol–water partition coefficient (Wildman–Crippen LogP) is -3.09. The van der Waals surface area contributed by atoms with Crippen molar-refractivity contribution in [2.24, 2.45) is 0 Å². The van der Waals surface area contributed by atoms with Crippen LogP contribution in [0.15, 0.2) is 42.5 Å². The summed E-state index contributed by atoms with van der Waals surface area (Å²) >= 11 is 0. The smallest absolute Gasteiger partial charge is 0.322 e. The Labute approximate surface area is 245 Å². The Bertz CT molecular complexity index is 1280. The Morgan fingerprint density at radius 1 is 0.791 bits per heavy atom. The van der Waals surface area contributed by atoms with Gasteiger partial charge in [-0.15, -0.1) is 0 Å². The van der Waals surface area contributed by atoms with Gasteiger partial charge in [-0.25, -0.2) is 0 Å². The van der Waals surface area contributed by atoms with Crippen molar-refractivity contribution < 1.29 is 48.2 Å². The molecule has 1 fully saturated rings. The molecule has 0 saturated heterocycles. The van der Waals surface area contributed by atoms with E-state index < -0.39 is 85.0 Å². The fraction of sp³-hybridized carbons (Fsp3) is 0.407. The molecule has 0 aromatic heterocycles. The van der Waals surface area contributed by atoms with Gasteiger partial charge in [0.25, 0.3) is 11.8 Å². The first-order valence-electron chi connectivity index (χ1n) is 13.3. The molecule has 230 valence electrons. The molecule has 6 N–H and O–H groups in total. The van der Waals surface area contributed by atoms with Crippen molar-refractivity contribution >= 4 is 47.3 Å². The fourth-order valence-electron chi connectivity index (χ4n) is 4.23. The van der Waals surface area contributed by atoms with Crippen molar-refractivity contribution in [2.45, 2.75) is 24.3 Å². The Morgan fingerprint density at radius 2 is 1.37 bits per heavy atom. The highest BCUT2D eigenvalue weighted by molar-refractivity contribution is 6.12. The van der Waals surface area contributed by atoms with Crippen LogP contribution < -0.4 is 26.6 Å². The quantitative estimate of drug-likeness (QED) is 0.0780. The number of hydrogen-bond donors (Lipinski definition) is 6. The van der Waals surface area contributed by atoms with Crippen LogP contribution in [0.5, 0.6) is 0 Å². The number of hydrogen-bond acceptors (Lipinski definition) is 9. The van der Waals surface area contributed by atoms with E-state index in [1.54, 1.807) is 30.3 Å². The summed E-state index contributed by atoms with van der Waals surface area (Å²) in [6.07, 6.45) is 2.46. The fourth-order valence-corrected chi connectivity index (χ4v) is 4.23. The van der Waals surface area contributed by atoms with Gasteiger partial charge in [-0.05, 0) is 12.0 Å². The first kappa shape index (κ1) is 32.4. The van der Waals surface area contributed by atoms with E-state index in [2.05, 4.69) is 26.6 Å². The summed E-state index contributed by atoms with van der Waals surface area (Å²) < 4.78 is 5.25. The molecular formula is C27H32N6O10. The molecule has 1 aromatic rings. The summed E-state index contributed by atoms with van der Waals surface area (Å²) in [4.78, 5) is 96.1. The number of imide groups is 1. The minimum atomic E-state index is -1.38. The molecule has 1 heterocycles. The molecule has 1 aliphatic carbocycles. The zero-order valence-electron chi connectivity index (χ0n) is 23.1. The van der Waals surface area contributed by atoms with E-state index in [1.807, 2.05) is 0 Å². The topological polar surface area (TPSA) is 229 Å². The lowest BCUT2D eigenvalue weighted by atomic mass is 10.1. The highest BCUT2D eigenvalue weighted by atomic mass is 16.5. The van der Waals surface area contributed by atoms with Gasteiger partial charge in [-0.2, -0.15) is 0 Å². The zero-order chi connectivity index (χ0) is 31.4. The Morgan fingerprint density at radius 3 is 2.02 bits per heavy atom. The number of nitrogens with zero attached hydrogens (tertiary/aromatic N) is 1. The number of carboxylic acids is 1. The summed E-state index contributed by atoms with van der Waals surface area (Å²) in [5.41, 5.74) is -0.602. The van der Waals surface area contributed by atoms with Gasteiger partial charge < -0.3 is 36.4 Å². The van der Waals surface area contributed by atoms with Gasteiger partial charge in [0.2, 0.25) is 29.5 Å². The number of nitrogens with one attached hydrogen (secondary N) is 5. The highest BCUT2D eigenvalue weighted by Crippen LogP contribution is 2.51. The number of rotatable bonds is 17. The van der Waals surface area contributed by atoms with Gasteiger partial charge >= 0.3 is 5.97 Å².